The van der Waals surface area contributed by atoms with Crippen molar-refractivity contribution in [2.75, 3.05) is 7.11 Å². The number of aryl methyl sites for hydroxylation is 1. The number of rotatable bonds is 5. The van der Waals surface area contributed by atoms with E-state index in [0.29, 0.717) is 12.1 Å². The molecule has 0 aliphatic carbocycles. The summed E-state index contributed by atoms with van der Waals surface area (Å²) in [6.45, 7) is 6.50. The fourth-order valence-electron chi connectivity index (χ4n) is 2.32. The topological polar surface area (TPSA) is 21.3 Å². The number of nitrogens with one attached hydrogen (secondary N) is 1. The summed E-state index contributed by atoms with van der Waals surface area (Å²) in [7, 11) is 1.69. The minimum Gasteiger partial charge on any atom is -0.497 e. The van der Waals surface area contributed by atoms with Crippen LogP contribution in [-0.2, 0) is 0 Å². The van der Waals surface area contributed by atoms with E-state index in [4.69, 9.17) is 4.74 Å². The zero-order valence-electron chi connectivity index (χ0n) is 12.7. The van der Waals surface area contributed by atoms with Gasteiger partial charge in [0.1, 0.15) is 5.75 Å². The number of benzene rings is 2. The van der Waals surface area contributed by atoms with Gasteiger partial charge in [-0.15, -0.1) is 0 Å². The molecule has 20 heavy (non-hydrogen) atoms. The summed E-state index contributed by atoms with van der Waals surface area (Å²) in [6.07, 6.45) is 0. The van der Waals surface area contributed by atoms with Crippen LogP contribution in [0, 0.1) is 6.92 Å². The summed E-state index contributed by atoms with van der Waals surface area (Å²) in [5.41, 5.74) is 3.88. The van der Waals surface area contributed by atoms with Crippen LogP contribution in [0.25, 0.3) is 0 Å². The molecule has 0 radical (unpaired) electrons. The van der Waals surface area contributed by atoms with Crippen LogP contribution in [0.4, 0.5) is 0 Å². The second-order valence-electron chi connectivity index (χ2n) is 5.29. The molecule has 0 heterocycles. The van der Waals surface area contributed by atoms with Crippen molar-refractivity contribution in [2.24, 2.45) is 0 Å². The molecule has 0 fully saturated rings. The first-order valence-corrected chi connectivity index (χ1v) is 7.06. The Balaban J connectivity index is 2.02. The quantitative estimate of drug-likeness (QED) is 0.867. The third-order valence-corrected chi connectivity index (χ3v) is 3.69. The third kappa shape index (κ3) is 3.61. The molecule has 1 unspecified atom stereocenters. The minimum absolute atomic E-state index is 0.303. The van der Waals surface area contributed by atoms with Gasteiger partial charge >= 0.3 is 0 Å². The van der Waals surface area contributed by atoms with Gasteiger partial charge in [0.15, 0.2) is 0 Å². The molecule has 1 N–H and O–H groups in total. The molecular weight excluding hydrogens is 246 g/mol. The van der Waals surface area contributed by atoms with Gasteiger partial charge in [-0.05, 0) is 44.0 Å². The maximum atomic E-state index is 5.19. The zero-order valence-corrected chi connectivity index (χ0v) is 12.7. The number of methoxy groups -OCH3 is 1. The van der Waals surface area contributed by atoms with E-state index in [-0.39, 0.29) is 0 Å². The van der Waals surface area contributed by atoms with Crippen LogP contribution in [0.3, 0.4) is 0 Å². The Morgan fingerprint density at radius 1 is 0.800 bits per heavy atom. The van der Waals surface area contributed by atoms with E-state index in [0.717, 1.165) is 5.75 Å². The Hall–Kier alpha value is -1.80. The van der Waals surface area contributed by atoms with Gasteiger partial charge in [-0.2, -0.15) is 0 Å². The first-order chi connectivity index (χ1) is 9.60. The van der Waals surface area contributed by atoms with Gasteiger partial charge in [-0.1, -0.05) is 42.0 Å². The van der Waals surface area contributed by atoms with E-state index < -0.39 is 0 Å². The Kier molecular flexibility index (Phi) is 4.80. The van der Waals surface area contributed by atoms with Crippen molar-refractivity contribution in [3.63, 3.8) is 0 Å². The summed E-state index contributed by atoms with van der Waals surface area (Å²) in [5.74, 6) is 0.896. The molecule has 0 amide bonds. The molecule has 2 atom stereocenters. The molecule has 2 rings (SSSR count). The molecule has 2 heteroatoms. The molecule has 0 bridgehead atoms. The van der Waals surface area contributed by atoms with Crippen LogP contribution < -0.4 is 10.1 Å². The lowest BCUT2D eigenvalue weighted by atomic mass is 10.0. The van der Waals surface area contributed by atoms with Crippen molar-refractivity contribution in [3.05, 3.63) is 65.2 Å². The first kappa shape index (κ1) is 14.6. The van der Waals surface area contributed by atoms with Crippen molar-refractivity contribution in [3.8, 4) is 5.75 Å². The largest absolute Gasteiger partial charge is 0.497 e. The van der Waals surface area contributed by atoms with E-state index in [1.54, 1.807) is 7.11 Å². The molecule has 0 saturated heterocycles. The maximum Gasteiger partial charge on any atom is 0.118 e. The monoisotopic (exact) mass is 269 g/mol. The van der Waals surface area contributed by atoms with Gasteiger partial charge in [0.05, 0.1) is 7.11 Å². The van der Waals surface area contributed by atoms with Crippen LogP contribution in [0.15, 0.2) is 48.5 Å². The summed E-state index contributed by atoms with van der Waals surface area (Å²) in [6, 6.07) is 17.5. The van der Waals surface area contributed by atoms with Gasteiger partial charge in [-0.3, -0.25) is 0 Å². The standard InChI is InChI=1S/C18H23NO/c1-13-5-7-16(8-6-13)14(2)19-15(3)17-9-11-18(20-4)12-10-17/h5-12,14-15,19H,1-4H3/t14?,15-/m1/s1. The highest BCUT2D eigenvalue weighted by molar-refractivity contribution is 5.29. The molecule has 0 aromatic heterocycles. The average Bonchev–Trinajstić information content (AvgIpc) is 2.48. The SMILES string of the molecule is COc1ccc([C@@H](C)NC(C)c2ccc(C)cc2)cc1. The van der Waals surface area contributed by atoms with Crippen molar-refractivity contribution in [1.29, 1.82) is 0 Å². The molecule has 0 spiro atoms. The lowest BCUT2D eigenvalue weighted by Crippen LogP contribution is -2.22. The summed E-state index contributed by atoms with van der Waals surface area (Å²) in [4.78, 5) is 0. The zero-order chi connectivity index (χ0) is 14.5. The number of hydrogen-bond donors (Lipinski definition) is 1. The molecule has 0 saturated carbocycles. The van der Waals surface area contributed by atoms with Crippen molar-refractivity contribution in [1.82, 2.24) is 5.32 Å². The predicted molar refractivity (Wildman–Crippen MR) is 84.1 cm³/mol. The minimum atomic E-state index is 0.303. The van der Waals surface area contributed by atoms with Crippen LogP contribution in [0.1, 0.15) is 42.6 Å². The fourth-order valence-corrected chi connectivity index (χ4v) is 2.32. The Bertz CT molecular complexity index is 530. The highest BCUT2D eigenvalue weighted by Crippen LogP contribution is 2.21. The fraction of sp³-hybridized carbons (Fsp3) is 0.333. The molecule has 0 aliphatic rings. The van der Waals surface area contributed by atoms with Crippen LogP contribution in [-0.4, -0.2) is 7.11 Å². The van der Waals surface area contributed by atoms with Crippen molar-refractivity contribution in [2.45, 2.75) is 32.9 Å². The predicted octanol–water partition coefficient (Wildman–Crippen LogP) is 4.42. The van der Waals surface area contributed by atoms with E-state index >= 15 is 0 Å². The second kappa shape index (κ2) is 6.58. The Morgan fingerprint density at radius 2 is 1.25 bits per heavy atom. The van der Waals surface area contributed by atoms with Crippen molar-refractivity contribution < 1.29 is 4.74 Å². The summed E-state index contributed by atoms with van der Waals surface area (Å²) < 4.78 is 5.19. The average molecular weight is 269 g/mol. The lowest BCUT2D eigenvalue weighted by Gasteiger charge is -2.21. The summed E-state index contributed by atoms with van der Waals surface area (Å²) >= 11 is 0. The van der Waals surface area contributed by atoms with Gasteiger partial charge in [0.25, 0.3) is 0 Å². The van der Waals surface area contributed by atoms with Crippen LogP contribution >= 0.6 is 0 Å². The molecular formula is C18H23NO. The van der Waals surface area contributed by atoms with E-state index in [2.05, 4.69) is 62.5 Å². The second-order valence-corrected chi connectivity index (χ2v) is 5.29. The van der Waals surface area contributed by atoms with Gasteiger partial charge < -0.3 is 10.1 Å². The lowest BCUT2D eigenvalue weighted by molar-refractivity contribution is 0.414. The number of ether oxygens (including phenoxy) is 1. The maximum absolute atomic E-state index is 5.19. The van der Waals surface area contributed by atoms with E-state index in [9.17, 15) is 0 Å². The normalized spacial score (nSPS) is 13.8. The molecule has 106 valence electrons. The van der Waals surface area contributed by atoms with E-state index in [1.165, 1.54) is 16.7 Å². The summed E-state index contributed by atoms with van der Waals surface area (Å²) in [5, 5.41) is 3.63. The number of hydrogen-bond acceptors (Lipinski definition) is 2. The van der Waals surface area contributed by atoms with Gasteiger partial charge in [-0.25, -0.2) is 0 Å². The Morgan fingerprint density at radius 3 is 1.70 bits per heavy atom. The van der Waals surface area contributed by atoms with Crippen LogP contribution in [0.5, 0.6) is 5.75 Å². The smallest absolute Gasteiger partial charge is 0.118 e. The van der Waals surface area contributed by atoms with Crippen molar-refractivity contribution >= 4 is 0 Å². The molecule has 2 nitrogen and oxygen atoms in total. The molecule has 2 aromatic rings. The first-order valence-electron chi connectivity index (χ1n) is 7.06. The van der Waals surface area contributed by atoms with Gasteiger partial charge in [0.2, 0.25) is 0 Å². The van der Waals surface area contributed by atoms with Crippen LogP contribution in [0.2, 0.25) is 0 Å². The van der Waals surface area contributed by atoms with Gasteiger partial charge in [0, 0.05) is 12.1 Å². The molecule has 0 aliphatic heterocycles. The highest BCUT2D eigenvalue weighted by Gasteiger charge is 2.11. The van der Waals surface area contributed by atoms with E-state index in [1.807, 2.05) is 12.1 Å². The highest BCUT2D eigenvalue weighted by atomic mass is 16.5. The molecule has 2 aromatic carbocycles. The third-order valence-electron chi connectivity index (χ3n) is 3.69. The Labute approximate surface area is 121 Å².